The average Bonchev–Trinajstić information content (AvgIpc) is 2.77. The molecule has 66 valence electrons. The van der Waals surface area contributed by atoms with Gasteiger partial charge in [-0.25, -0.2) is 0 Å². The third-order valence-electron chi connectivity index (χ3n) is 3.72. The van der Waals surface area contributed by atoms with Crippen molar-refractivity contribution in [3.8, 4) is 0 Å². The van der Waals surface area contributed by atoms with Gasteiger partial charge in [0.15, 0.2) is 0 Å². The van der Waals surface area contributed by atoms with Crippen LogP contribution in [0.25, 0.3) is 0 Å². The zero-order valence-electron chi connectivity index (χ0n) is 7.79. The summed E-state index contributed by atoms with van der Waals surface area (Å²) in [7, 11) is 0. The van der Waals surface area contributed by atoms with Crippen LogP contribution in [0.15, 0.2) is 48.1 Å². The Kier molecular flexibility index (Phi) is 1.28. The van der Waals surface area contributed by atoms with Crippen molar-refractivity contribution in [2.75, 3.05) is 0 Å². The molecule has 0 amide bonds. The minimum absolute atomic E-state index is 0.380. The van der Waals surface area contributed by atoms with Crippen LogP contribution in [0.3, 0.4) is 0 Å². The van der Waals surface area contributed by atoms with Gasteiger partial charge in [-0.15, -0.1) is 0 Å². The molecule has 0 N–H and O–H groups in total. The fourth-order valence-corrected chi connectivity index (χ4v) is 3.03. The van der Waals surface area contributed by atoms with Crippen molar-refractivity contribution >= 4 is 0 Å². The molecule has 0 saturated heterocycles. The van der Waals surface area contributed by atoms with Crippen LogP contribution >= 0.6 is 0 Å². The van der Waals surface area contributed by atoms with Crippen LogP contribution < -0.4 is 0 Å². The maximum atomic E-state index is 4.10. The molecule has 0 aromatic carbocycles. The predicted molar refractivity (Wildman–Crippen MR) is 55.3 cm³/mol. The van der Waals surface area contributed by atoms with E-state index >= 15 is 0 Å². The molecular formula is C13H14. The molecule has 2 bridgehead atoms. The third kappa shape index (κ3) is 0.861. The average molecular weight is 170 g/mol. The Hall–Kier alpha value is -1.04. The van der Waals surface area contributed by atoms with E-state index in [4.69, 9.17) is 0 Å². The number of hydrogen-bond acceptors (Lipinski definition) is 0. The van der Waals surface area contributed by atoms with Crippen molar-refractivity contribution in [2.45, 2.75) is 19.3 Å². The summed E-state index contributed by atoms with van der Waals surface area (Å²) in [6, 6.07) is 0. The third-order valence-corrected chi connectivity index (χ3v) is 3.72. The van der Waals surface area contributed by atoms with Crippen molar-refractivity contribution < 1.29 is 0 Å². The first-order valence-corrected chi connectivity index (χ1v) is 5.08. The summed E-state index contributed by atoms with van der Waals surface area (Å²) in [5.74, 6) is 0.856. The van der Waals surface area contributed by atoms with E-state index in [-0.39, 0.29) is 0 Å². The molecule has 0 spiro atoms. The van der Waals surface area contributed by atoms with Crippen LogP contribution in [-0.2, 0) is 0 Å². The summed E-state index contributed by atoms with van der Waals surface area (Å²) in [6.45, 7) is 4.10. The molecule has 3 rings (SSSR count). The molecule has 0 aliphatic heterocycles. The molecule has 3 aliphatic rings. The minimum Gasteiger partial charge on any atom is -0.0915 e. The SMILES string of the molecule is C=C1C=CC=C1C12C=CC(CC1)C2. The first-order valence-electron chi connectivity index (χ1n) is 5.08. The van der Waals surface area contributed by atoms with Crippen LogP contribution in [0, 0.1) is 11.3 Å². The van der Waals surface area contributed by atoms with Crippen LogP contribution in [0.4, 0.5) is 0 Å². The quantitative estimate of drug-likeness (QED) is 0.529. The van der Waals surface area contributed by atoms with Crippen molar-refractivity contribution in [3.05, 3.63) is 48.1 Å². The summed E-state index contributed by atoms with van der Waals surface area (Å²) in [4.78, 5) is 0. The smallest absolute Gasteiger partial charge is 0.0143 e. The Morgan fingerprint density at radius 3 is 2.85 bits per heavy atom. The molecule has 3 aliphatic carbocycles. The van der Waals surface area contributed by atoms with E-state index in [0.29, 0.717) is 5.41 Å². The Morgan fingerprint density at radius 2 is 2.38 bits per heavy atom. The van der Waals surface area contributed by atoms with Gasteiger partial charge in [-0.2, -0.15) is 0 Å². The molecule has 0 nitrogen and oxygen atoms in total. The molecule has 0 heteroatoms. The molecular weight excluding hydrogens is 156 g/mol. The minimum atomic E-state index is 0.380. The number of rotatable bonds is 1. The van der Waals surface area contributed by atoms with Gasteiger partial charge in [0.2, 0.25) is 0 Å². The lowest BCUT2D eigenvalue weighted by Gasteiger charge is -2.26. The summed E-state index contributed by atoms with van der Waals surface area (Å²) in [5.41, 5.74) is 3.08. The van der Waals surface area contributed by atoms with Gasteiger partial charge >= 0.3 is 0 Å². The maximum Gasteiger partial charge on any atom is 0.0143 e. The maximum absolute atomic E-state index is 4.10. The molecule has 13 heavy (non-hydrogen) atoms. The van der Waals surface area contributed by atoms with Gasteiger partial charge in [0.1, 0.15) is 0 Å². The monoisotopic (exact) mass is 170 g/mol. The fraction of sp³-hybridized carbons (Fsp3) is 0.385. The van der Waals surface area contributed by atoms with E-state index < -0.39 is 0 Å². The summed E-state index contributed by atoms with van der Waals surface area (Å²) in [5, 5.41) is 0. The van der Waals surface area contributed by atoms with Crippen molar-refractivity contribution in [1.82, 2.24) is 0 Å². The lowest BCUT2D eigenvalue weighted by molar-refractivity contribution is 0.497. The zero-order chi connectivity index (χ0) is 8.89. The van der Waals surface area contributed by atoms with E-state index in [1.807, 2.05) is 0 Å². The first-order chi connectivity index (χ1) is 6.30. The Bertz CT molecular complexity index is 354. The van der Waals surface area contributed by atoms with Crippen LogP contribution in [0.5, 0.6) is 0 Å². The molecule has 0 aromatic rings. The van der Waals surface area contributed by atoms with Crippen molar-refractivity contribution in [1.29, 1.82) is 0 Å². The second-order valence-corrected chi connectivity index (χ2v) is 4.48. The topological polar surface area (TPSA) is 0 Å². The first kappa shape index (κ1) is 7.37. The van der Waals surface area contributed by atoms with Crippen molar-refractivity contribution in [3.63, 3.8) is 0 Å². The summed E-state index contributed by atoms with van der Waals surface area (Å²) in [6.07, 6.45) is 15.4. The highest BCUT2D eigenvalue weighted by Gasteiger charge is 2.43. The van der Waals surface area contributed by atoms with Gasteiger partial charge in [-0.1, -0.05) is 37.0 Å². The van der Waals surface area contributed by atoms with E-state index in [9.17, 15) is 0 Å². The normalized spacial score (nSPS) is 40.5. The van der Waals surface area contributed by atoms with Crippen LogP contribution in [-0.4, -0.2) is 0 Å². The lowest BCUT2D eigenvalue weighted by atomic mass is 9.78. The summed E-state index contributed by atoms with van der Waals surface area (Å²) >= 11 is 0. The Morgan fingerprint density at radius 1 is 1.46 bits per heavy atom. The van der Waals surface area contributed by atoms with E-state index in [2.05, 4.69) is 37.0 Å². The van der Waals surface area contributed by atoms with Gasteiger partial charge in [-0.05, 0) is 36.3 Å². The Balaban J connectivity index is 2.02. The van der Waals surface area contributed by atoms with Gasteiger partial charge in [0, 0.05) is 5.41 Å². The van der Waals surface area contributed by atoms with Crippen molar-refractivity contribution in [2.24, 2.45) is 11.3 Å². The zero-order valence-corrected chi connectivity index (χ0v) is 7.79. The number of fused-ring (bicyclic) bond motifs is 2. The molecule has 0 aromatic heterocycles. The lowest BCUT2D eigenvalue weighted by Crippen LogP contribution is -2.14. The predicted octanol–water partition coefficient (Wildman–Crippen LogP) is 3.40. The molecule has 2 unspecified atom stereocenters. The molecule has 1 fully saturated rings. The molecule has 2 atom stereocenters. The van der Waals surface area contributed by atoms with E-state index in [1.165, 1.54) is 30.4 Å². The highest BCUT2D eigenvalue weighted by molar-refractivity contribution is 5.53. The molecule has 0 radical (unpaired) electrons. The number of allylic oxidation sites excluding steroid dienone is 7. The second kappa shape index (κ2) is 2.25. The number of hydrogen-bond donors (Lipinski definition) is 0. The standard InChI is InChI=1S/C13H14/c1-10-3-2-4-12(10)13-7-5-11(9-13)6-8-13/h2-5,7,11H,1,6,8-9H2. The van der Waals surface area contributed by atoms with E-state index in [0.717, 1.165) is 5.92 Å². The molecule has 1 saturated carbocycles. The van der Waals surface area contributed by atoms with E-state index in [1.54, 1.807) is 0 Å². The Labute approximate surface area is 79.3 Å². The van der Waals surface area contributed by atoms with Gasteiger partial charge in [-0.3, -0.25) is 0 Å². The van der Waals surface area contributed by atoms with Gasteiger partial charge in [0.05, 0.1) is 0 Å². The largest absolute Gasteiger partial charge is 0.0915 e. The highest BCUT2D eigenvalue weighted by Crippen LogP contribution is 2.55. The summed E-state index contributed by atoms with van der Waals surface area (Å²) < 4.78 is 0. The second-order valence-electron chi connectivity index (χ2n) is 4.48. The fourth-order valence-electron chi connectivity index (χ4n) is 3.03. The highest BCUT2D eigenvalue weighted by atomic mass is 14.5. The molecule has 0 heterocycles. The van der Waals surface area contributed by atoms with Crippen LogP contribution in [0.2, 0.25) is 0 Å². The van der Waals surface area contributed by atoms with Crippen LogP contribution in [0.1, 0.15) is 19.3 Å². The van der Waals surface area contributed by atoms with Gasteiger partial charge < -0.3 is 0 Å². The van der Waals surface area contributed by atoms with Gasteiger partial charge in [0.25, 0.3) is 0 Å².